The SMILES string of the molecule is Cc1cc(-c2nc(-c3cc(S(=O)(=O)NCC(C)(C)CN(C)C)ccc3C)cnc2N)ccn1. The number of rotatable bonds is 8. The van der Waals surface area contributed by atoms with Crippen LogP contribution in [0.3, 0.4) is 0 Å². The number of benzene rings is 1. The van der Waals surface area contributed by atoms with Gasteiger partial charge in [-0.2, -0.15) is 0 Å². The molecule has 1 aromatic carbocycles. The molecule has 0 atom stereocenters. The minimum absolute atomic E-state index is 0.184. The molecule has 3 rings (SSSR count). The maximum Gasteiger partial charge on any atom is 0.240 e. The normalized spacial score (nSPS) is 12.3. The van der Waals surface area contributed by atoms with E-state index in [0.717, 1.165) is 23.4 Å². The number of nitrogen functional groups attached to an aromatic ring is 1. The minimum atomic E-state index is -3.70. The Bertz CT molecular complexity index is 1260. The number of nitrogens with one attached hydrogen (secondary N) is 1. The molecular weight excluding hydrogens is 436 g/mol. The first-order valence-corrected chi connectivity index (χ1v) is 12.2. The number of hydrogen-bond donors (Lipinski definition) is 2. The summed E-state index contributed by atoms with van der Waals surface area (Å²) in [6.07, 6.45) is 3.26. The molecule has 0 amide bonds. The predicted octanol–water partition coefficient (Wildman–Crippen LogP) is 3.27. The molecule has 2 heterocycles. The zero-order chi connectivity index (χ0) is 24.4. The Kier molecular flexibility index (Phi) is 7.16. The van der Waals surface area contributed by atoms with E-state index in [0.29, 0.717) is 29.3 Å². The summed E-state index contributed by atoms with van der Waals surface area (Å²) in [6, 6.07) is 8.74. The van der Waals surface area contributed by atoms with Gasteiger partial charge in [0.05, 0.1) is 16.8 Å². The predicted molar refractivity (Wildman–Crippen MR) is 132 cm³/mol. The van der Waals surface area contributed by atoms with Gasteiger partial charge < -0.3 is 10.6 Å². The lowest BCUT2D eigenvalue weighted by molar-refractivity contribution is 0.242. The number of pyridine rings is 1. The average molecular weight is 469 g/mol. The zero-order valence-corrected chi connectivity index (χ0v) is 20.9. The largest absolute Gasteiger partial charge is 0.382 e. The second kappa shape index (κ2) is 9.54. The van der Waals surface area contributed by atoms with Gasteiger partial charge in [0, 0.05) is 36.1 Å². The van der Waals surface area contributed by atoms with Crippen LogP contribution in [-0.2, 0) is 10.0 Å². The number of aryl methyl sites for hydroxylation is 2. The van der Waals surface area contributed by atoms with Crippen LogP contribution in [0.25, 0.3) is 22.5 Å². The van der Waals surface area contributed by atoms with Crippen LogP contribution in [0.4, 0.5) is 5.82 Å². The molecule has 0 aliphatic rings. The van der Waals surface area contributed by atoms with Crippen LogP contribution in [-0.4, -0.2) is 55.5 Å². The van der Waals surface area contributed by atoms with E-state index in [-0.39, 0.29) is 10.3 Å². The van der Waals surface area contributed by atoms with Crippen LogP contribution >= 0.6 is 0 Å². The number of nitrogens with zero attached hydrogens (tertiary/aromatic N) is 4. The number of hydrogen-bond acceptors (Lipinski definition) is 7. The van der Waals surface area contributed by atoms with Crippen molar-refractivity contribution in [3.05, 3.63) is 54.0 Å². The Morgan fingerprint density at radius 3 is 2.48 bits per heavy atom. The van der Waals surface area contributed by atoms with Crippen molar-refractivity contribution in [3.63, 3.8) is 0 Å². The molecule has 176 valence electrons. The Morgan fingerprint density at radius 2 is 1.82 bits per heavy atom. The Balaban J connectivity index is 1.96. The van der Waals surface area contributed by atoms with Crippen molar-refractivity contribution in [2.24, 2.45) is 5.41 Å². The molecule has 0 aliphatic carbocycles. The van der Waals surface area contributed by atoms with Crippen molar-refractivity contribution in [1.29, 1.82) is 0 Å². The molecular formula is C24H32N6O2S. The summed E-state index contributed by atoms with van der Waals surface area (Å²) >= 11 is 0. The lowest BCUT2D eigenvalue weighted by atomic mass is 9.93. The third-order valence-corrected chi connectivity index (χ3v) is 6.65. The molecule has 3 aromatic rings. The molecule has 3 N–H and O–H groups in total. The van der Waals surface area contributed by atoms with Gasteiger partial charge in [0.15, 0.2) is 0 Å². The molecule has 0 bridgehead atoms. The highest BCUT2D eigenvalue weighted by atomic mass is 32.2. The van der Waals surface area contributed by atoms with E-state index in [1.54, 1.807) is 30.6 Å². The van der Waals surface area contributed by atoms with Gasteiger partial charge in [-0.25, -0.2) is 23.1 Å². The van der Waals surface area contributed by atoms with E-state index >= 15 is 0 Å². The molecule has 0 radical (unpaired) electrons. The highest BCUT2D eigenvalue weighted by Crippen LogP contribution is 2.29. The molecule has 0 unspecified atom stereocenters. The summed E-state index contributed by atoms with van der Waals surface area (Å²) in [5, 5.41) is 0. The Morgan fingerprint density at radius 1 is 1.09 bits per heavy atom. The fourth-order valence-corrected chi connectivity index (χ4v) is 5.03. The summed E-state index contributed by atoms with van der Waals surface area (Å²) in [7, 11) is 0.238. The van der Waals surface area contributed by atoms with E-state index in [2.05, 4.69) is 14.7 Å². The number of anilines is 1. The van der Waals surface area contributed by atoms with E-state index in [1.165, 1.54) is 0 Å². The number of aromatic nitrogens is 3. The molecule has 33 heavy (non-hydrogen) atoms. The minimum Gasteiger partial charge on any atom is -0.382 e. The van der Waals surface area contributed by atoms with Crippen LogP contribution in [0, 0.1) is 19.3 Å². The number of sulfonamides is 1. The fourth-order valence-electron chi connectivity index (χ4n) is 3.76. The molecule has 9 heteroatoms. The standard InChI is InChI=1S/C24H32N6O2S/c1-16-7-8-19(33(31,32)28-14-24(3,4)15-30(5)6)12-20(16)21-13-27-23(25)22(29-21)18-9-10-26-17(2)11-18/h7-13,28H,14-15H2,1-6H3,(H2,25,27). The summed E-state index contributed by atoms with van der Waals surface area (Å²) in [5.74, 6) is 0.301. The first-order chi connectivity index (χ1) is 15.4. The van der Waals surface area contributed by atoms with Crippen LogP contribution in [0.5, 0.6) is 0 Å². The lowest BCUT2D eigenvalue weighted by Gasteiger charge is -2.28. The van der Waals surface area contributed by atoms with Gasteiger partial charge in [-0.05, 0) is 63.2 Å². The van der Waals surface area contributed by atoms with E-state index < -0.39 is 10.0 Å². The van der Waals surface area contributed by atoms with E-state index in [1.807, 2.05) is 58.8 Å². The van der Waals surface area contributed by atoms with Crippen molar-refractivity contribution in [2.75, 3.05) is 32.9 Å². The van der Waals surface area contributed by atoms with Crippen molar-refractivity contribution in [3.8, 4) is 22.5 Å². The zero-order valence-electron chi connectivity index (χ0n) is 20.0. The summed E-state index contributed by atoms with van der Waals surface area (Å²) in [4.78, 5) is 15.5. The second-order valence-electron chi connectivity index (χ2n) is 9.38. The van der Waals surface area contributed by atoms with Gasteiger partial charge >= 0.3 is 0 Å². The third-order valence-electron chi connectivity index (χ3n) is 5.25. The molecule has 0 saturated carbocycles. The molecule has 0 aliphatic heterocycles. The number of nitrogens with two attached hydrogens (primary N) is 1. The highest BCUT2D eigenvalue weighted by Gasteiger charge is 2.24. The van der Waals surface area contributed by atoms with E-state index in [4.69, 9.17) is 10.7 Å². The second-order valence-corrected chi connectivity index (χ2v) is 11.1. The van der Waals surface area contributed by atoms with Gasteiger partial charge in [-0.15, -0.1) is 0 Å². The topological polar surface area (TPSA) is 114 Å². The van der Waals surface area contributed by atoms with Crippen LogP contribution in [0.1, 0.15) is 25.1 Å². The monoisotopic (exact) mass is 468 g/mol. The highest BCUT2D eigenvalue weighted by molar-refractivity contribution is 7.89. The van der Waals surface area contributed by atoms with Gasteiger partial charge in [-0.1, -0.05) is 19.9 Å². The van der Waals surface area contributed by atoms with Crippen molar-refractivity contribution in [1.82, 2.24) is 24.6 Å². The quantitative estimate of drug-likeness (QED) is 0.521. The molecule has 8 nitrogen and oxygen atoms in total. The van der Waals surface area contributed by atoms with Gasteiger partial charge in [-0.3, -0.25) is 4.98 Å². The summed E-state index contributed by atoms with van der Waals surface area (Å²) in [5.41, 5.74) is 10.2. The molecule has 0 fully saturated rings. The van der Waals surface area contributed by atoms with E-state index in [9.17, 15) is 8.42 Å². The maximum atomic E-state index is 13.1. The van der Waals surface area contributed by atoms with Gasteiger partial charge in [0.1, 0.15) is 11.5 Å². The first kappa shape index (κ1) is 24.8. The van der Waals surface area contributed by atoms with Crippen LogP contribution in [0.2, 0.25) is 0 Å². The van der Waals surface area contributed by atoms with Gasteiger partial charge in [0.25, 0.3) is 0 Å². The van der Waals surface area contributed by atoms with Gasteiger partial charge in [0.2, 0.25) is 10.0 Å². The molecule has 0 saturated heterocycles. The smallest absolute Gasteiger partial charge is 0.240 e. The Labute approximate surface area is 196 Å². The van der Waals surface area contributed by atoms with Crippen LogP contribution in [0.15, 0.2) is 47.6 Å². The first-order valence-electron chi connectivity index (χ1n) is 10.7. The molecule has 0 spiro atoms. The lowest BCUT2D eigenvalue weighted by Crippen LogP contribution is -2.39. The Hall–Kier alpha value is -2.88. The van der Waals surface area contributed by atoms with Crippen molar-refractivity contribution < 1.29 is 8.42 Å². The third kappa shape index (κ3) is 6.13. The van der Waals surface area contributed by atoms with Crippen LogP contribution < -0.4 is 10.5 Å². The molecule has 2 aromatic heterocycles. The summed E-state index contributed by atoms with van der Waals surface area (Å²) < 4.78 is 28.9. The van der Waals surface area contributed by atoms with Crippen molar-refractivity contribution in [2.45, 2.75) is 32.6 Å². The van der Waals surface area contributed by atoms with Crippen molar-refractivity contribution >= 4 is 15.8 Å². The fraction of sp³-hybridized carbons (Fsp3) is 0.375. The maximum absolute atomic E-state index is 13.1. The average Bonchev–Trinajstić information content (AvgIpc) is 2.72. The summed E-state index contributed by atoms with van der Waals surface area (Å²) in [6.45, 7) is 8.94.